The SMILES string of the molecule is CN1CCC(N(C)C(CN)c2cc(Br)ccc2Cl)CC1. The summed E-state index contributed by atoms with van der Waals surface area (Å²) in [5.41, 5.74) is 7.15. The maximum atomic E-state index is 6.36. The standard InChI is InChI=1S/C15H23BrClN3/c1-19-7-5-12(6-8-19)20(2)15(10-18)13-9-11(16)3-4-14(13)17/h3-4,9,12,15H,5-8,10,18H2,1-2H3. The second kappa shape index (κ2) is 7.23. The number of rotatable bonds is 4. The van der Waals surface area contributed by atoms with E-state index in [9.17, 15) is 0 Å². The molecule has 1 fully saturated rings. The summed E-state index contributed by atoms with van der Waals surface area (Å²) < 4.78 is 1.05. The molecule has 0 radical (unpaired) electrons. The van der Waals surface area contributed by atoms with E-state index in [1.807, 2.05) is 12.1 Å². The van der Waals surface area contributed by atoms with Gasteiger partial charge in [-0.05, 0) is 63.8 Å². The number of benzene rings is 1. The molecule has 2 N–H and O–H groups in total. The van der Waals surface area contributed by atoms with Gasteiger partial charge in [-0.25, -0.2) is 0 Å². The van der Waals surface area contributed by atoms with Gasteiger partial charge < -0.3 is 10.6 Å². The molecule has 5 heteroatoms. The molecule has 0 bridgehead atoms. The number of piperidine rings is 1. The normalized spacial score (nSPS) is 19.5. The van der Waals surface area contributed by atoms with Gasteiger partial charge in [-0.1, -0.05) is 27.5 Å². The predicted octanol–water partition coefficient (Wildman–Crippen LogP) is 3.13. The predicted molar refractivity (Wildman–Crippen MR) is 89.2 cm³/mol. The first kappa shape index (κ1) is 16.2. The molecule has 20 heavy (non-hydrogen) atoms. The third kappa shape index (κ3) is 3.74. The van der Waals surface area contributed by atoms with Crippen LogP contribution in [0.1, 0.15) is 24.4 Å². The second-order valence-electron chi connectivity index (χ2n) is 5.62. The maximum Gasteiger partial charge on any atom is 0.0485 e. The Labute approximate surface area is 135 Å². The van der Waals surface area contributed by atoms with Gasteiger partial charge >= 0.3 is 0 Å². The summed E-state index contributed by atoms with van der Waals surface area (Å²) >= 11 is 9.89. The fourth-order valence-corrected chi connectivity index (χ4v) is 3.56. The third-order valence-electron chi connectivity index (χ3n) is 4.30. The number of nitrogens with two attached hydrogens (primary N) is 1. The molecule has 0 spiro atoms. The number of hydrogen-bond acceptors (Lipinski definition) is 3. The number of hydrogen-bond donors (Lipinski definition) is 1. The molecule has 1 saturated heterocycles. The van der Waals surface area contributed by atoms with Gasteiger partial charge in [0.1, 0.15) is 0 Å². The molecular weight excluding hydrogens is 338 g/mol. The summed E-state index contributed by atoms with van der Waals surface area (Å²) in [6, 6.07) is 6.75. The first-order chi connectivity index (χ1) is 9.52. The average molecular weight is 361 g/mol. The first-order valence-corrected chi connectivity index (χ1v) is 8.25. The van der Waals surface area contributed by atoms with Crippen molar-refractivity contribution in [3.05, 3.63) is 33.3 Å². The van der Waals surface area contributed by atoms with E-state index in [0.717, 1.165) is 28.1 Å². The maximum absolute atomic E-state index is 6.36. The monoisotopic (exact) mass is 359 g/mol. The van der Waals surface area contributed by atoms with Crippen molar-refractivity contribution in [2.75, 3.05) is 33.7 Å². The molecule has 0 aromatic heterocycles. The average Bonchev–Trinajstić information content (AvgIpc) is 2.44. The molecule has 0 aliphatic carbocycles. The fraction of sp³-hybridized carbons (Fsp3) is 0.600. The zero-order chi connectivity index (χ0) is 14.7. The van der Waals surface area contributed by atoms with Crippen molar-refractivity contribution in [2.45, 2.75) is 24.9 Å². The Bertz CT molecular complexity index is 447. The number of nitrogens with zero attached hydrogens (tertiary/aromatic N) is 2. The lowest BCUT2D eigenvalue weighted by Crippen LogP contribution is -2.45. The van der Waals surface area contributed by atoms with Crippen LogP contribution in [-0.2, 0) is 0 Å². The van der Waals surface area contributed by atoms with Crippen LogP contribution in [0, 0.1) is 0 Å². The molecule has 1 atom stereocenters. The minimum absolute atomic E-state index is 0.174. The largest absolute Gasteiger partial charge is 0.329 e. The summed E-state index contributed by atoms with van der Waals surface area (Å²) in [6.45, 7) is 2.88. The van der Waals surface area contributed by atoms with Gasteiger partial charge in [-0.15, -0.1) is 0 Å². The van der Waals surface area contributed by atoms with Crippen LogP contribution in [0.4, 0.5) is 0 Å². The summed E-state index contributed by atoms with van der Waals surface area (Å²) in [5.74, 6) is 0. The van der Waals surface area contributed by atoms with E-state index in [1.54, 1.807) is 0 Å². The Morgan fingerprint density at radius 1 is 1.45 bits per heavy atom. The van der Waals surface area contributed by atoms with E-state index in [1.165, 1.54) is 12.8 Å². The van der Waals surface area contributed by atoms with Crippen molar-refractivity contribution in [3.63, 3.8) is 0 Å². The van der Waals surface area contributed by atoms with Crippen LogP contribution in [-0.4, -0.2) is 49.6 Å². The van der Waals surface area contributed by atoms with Crippen molar-refractivity contribution in [1.29, 1.82) is 0 Å². The van der Waals surface area contributed by atoms with E-state index in [2.05, 4.69) is 45.9 Å². The first-order valence-electron chi connectivity index (χ1n) is 7.08. The van der Waals surface area contributed by atoms with Crippen LogP contribution < -0.4 is 5.73 Å². The molecule has 0 saturated carbocycles. The van der Waals surface area contributed by atoms with Crippen LogP contribution in [0.2, 0.25) is 5.02 Å². The highest BCUT2D eigenvalue weighted by Gasteiger charge is 2.27. The van der Waals surface area contributed by atoms with Crippen LogP contribution in [0.15, 0.2) is 22.7 Å². The Morgan fingerprint density at radius 2 is 2.10 bits per heavy atom. The lowest BCUT2D eigenvalue weighted by Gasteiger charge is -2.39. The van der Waals surface area contributed by atoms with Crippen LogP contribution >= 0.6 is 27.5 Å². The van der Waals surface area contributed by atoms with Gasteiger partial charge in [-0.3, -0.25) is 4.90 Å². The molecular formula is C15H23BrClN3. The molecule has 112 valence electrons. The van der Waals surface area contributed by atoms with Gasteiger partial charge in [0.25, 0.3) is 0 Å². The summed E-state index contributed by atoms with van der Waals surface area (Å²) in [7, 11) is 4.35. The van der Waals surface area contributed by atoms with Gasteiger partial charge in [-0.2, -0.15) is 0 Å². The van der Waals surface area contributed by atoms with Gasteiger partial charge in [0.05, 0.1) is 0 Å². The number of likely N-dealkylation sites (N-methyl/N-ethyl adjacent to an activating group) is 1. The minimum Gasteiger partial charge on any atom is -0.329 e. The van der Waals surface area contributed by atoms with Crippen LogP contribution in [0.5, 0.6) is 0 Å². The molecule has 1 aromatic carbocycles. The van der Waals surface area contributed by atoms with Crippen molar-refractivity contribution in [1.82, 2.24) is 9.80 Å². The van der Waals surface area contributed by atoms with E-state index >= 15 is 0 Å². The fourth-order valence-electron chi connectivity index (χ4n) is 2.94. The van der Waals surface area contributed by atoms with E-state index in [4.69, 9.17) is 17.3 Å². The van der Waals surface area contributed by atoms with Crippen molar-refractivity contribution in [3.8, 4) is 0 Å². The number of halogens is 2. The summed E-state index contributed by atoms with van der Waals surface area (Å²) in [4.78, 5) is 4.79. The van der Waals surface area contributed by atoms with E-state index in [0.29, 0.717) is 12.6 Å². The van der Waals surface area contributed by atoms with Crippen LogP contribution in [0.25, 0.3) is 0 Å². The molecule has 1 aromatic rings. The van der Waals surface area contributed by atoms with Crippen molar-refractivity contribution in [2.24, 2.45) is 5.73 Å². The Balaban J connectivity index is 2.16. The Morgan fingerprint density at radius 3 is 2.70 bits per heavy atom. The smallest absolute Gasteiger partial charge is 0.0485 e. The van der Waals surface area contributed by atoms with E-state index < -0.39 is 0 Å². The molecule has 2 rings (SSSR count). The highest BCUT2D eigenvalue weighted by atomic mass is 79.9. The molecule has 1 unspecified atom stereocenters. The zero-order valence-electron chi connectivity index (χ0n) is 12.1. The quantitative estimate of drug-likeness (QED) is 0.895. The summed E-state index contributed by atoms with van der Waals surface area (Å²) in [6.07, 6.45) is 2.38. The van der Waals surface area contributed by atoms with Crippen LogP contribution in [0.3, 0.4) is 0 Å². The zero-order valence-corrected chi connectivity index (χ0v) is 14.5. The topological polar surface area (TPSA) is 32.5 Å². The van der Waals surface area contributed by atoms with Gasteiger partial charge in [0.15, 0.2) is 0 Å². The molecule has 1 heterocycles. The minimum atomic E-state index is 0.174. The lowest BCUT2D eigenvalue weighted by molar-refractivity contribution is 0.109. The molecule has 3 nitrogen and oxygen atoms in total. The highest BCUT2D eigenvalue weighted by Crippen LogP contribution is 2.31. The summed E-state index contributed by atoms with van der Waals surface area (Å²) in [5, 5.41) is 0.795. The molecule has 0 amide bonds. The van der Waals surface area contributed by atoms with Crippen molar-refractivity contribution < 1.29 is 0 Å². The Hall–Kier alpha value is -0.130. The van der Waals surface area contributed by atoms with Gasteiger partial charge in [0.2, 0.25) is 0 Å². The van der Waals surface area contributed by atoms with E-state index in [-0.39, 0.29) is 6.04 Å². The second-order valence-corrected chi connectivity index (χ2v) is 6.94. The van der Waals surface area contributed by atoms with Crippen molar-refractivity contribution >= 4 is 27.5 Å². The Kier molecular flexibility index (Phi) is 5.87. The molecule has 1 aliphatic rings. The lowest BCUT2D eigenvalue weighted by atomic mass is 9.98. The third-order valence-corrected chi connectivity index (χ3v) is 5.13. The molecule has 1 aliphatic heterocycles. The highest BCUT2D eigenvalue weighted by molar-refractivity contribution is 9.10. The number of likely N-dealkylation sites (tertiary alicyclic amines) is 1. The van der Waals surface area contributed by atoms with Gasteiger partial charge in [0, 0.05) is 28.1 Å².